The van der Waals surface area contributed by atoms with Gasteiger partial charge in [-0.2, -0.15) is 0 Å². The van der Waals surface area contributed by atoms with Crippen LogP contribution in [0.5, 0.6) is 80.5 Å². The van der Waals surface area contributed by atoms with Gasteiger partial charge in [0.15, 0.2) is 0 Å². The third-order valence-electron chi connectivity index (χ3n) is 21.3. The summed E-state index contributed by atoms with van der Waals surface area (Å²) >= 11 is 0. The number of hydrogen-bond acceptors (Lipinski definition) is 20. The summed E-state index contributed by atoms with van der Waals surface area (Å²) in [5, 5.41) is 0. The molecule has 20 nitrogen and oxygen atoms in total. The predicted octanol–water partition coefficient (Wildman–Crippen LogP) is 34.5. The average molecular weight is 1970 g/mol. The molecule has 0 aliphatic heterocycles. The number of carbonyl (C=O) groups excluding carboxylic acids is 3. The number of hydrogen-bond donors (Lipinski definition) is 0. The Bertz CT molecular complexity index is 6360. The Labute approximate surface area is 841 Å². The molecule has 0 bridgehead atoms. The molecule has 0 aliphatic carbocycles. The summed E-state index contributed by atoms with van der Waals surface area (Å²) in [4.78, 5) is 37.9. The summed E-state index contributed by atoms with van der Waals surface area (Å²) < 4.78 is 104. The van der Waals surface area contributed by atoms with Gasteiger partial charge in [-0.05, 0) is 229 Å². The van der Waals surface area contributed by atoms with E-state index in [0.29, 0.717) is 102 Å². The molecular formula is C119H129O20P3. The Morgan fingerprint density at radius 3 is 0.662 bits per heavy atom. The summed E-state index contributed by atoms with van der Waals surface area (Å²) in [7, 11) is -2.85. The molecule has 0 unspecified atom stereocenters. The summed E-state index contributed by atoms with van der Waals surface area (Å²) in [6.07, 6.45) is -2.37. The van der Waals surface area contributed by atoms with Crippen LogP contribution in [0.25, 0.3) is 55.6 Å². The highest BCUT2D eigenvalue weighted by atomic mass is 31.2. The largest absolute Gasteiger partial charge is 0.530 e. The first-order valence-corrected chi connectivity index (χ1v) is 50.2. The fourth-order valence-corrected chi connectivity index (χ4v) is 17.7. The van der Waals surface area contributed by atoms with Crippen molar-refractivity contribution in [1.82, 2.24) is 0 Å². The Morgan fingerprint density at radius 1 is 0.204 bits per heavy atom. The summed E-state index contributed by atoms with van der Waals surface area (Å²) in [6.45, 7) is 45.9. The molecule has 0 radical (unpaired) electrons. The molecule has 0 aliphatic rings. The maximum absolute atomic E-state index is 12.7. The van der Waals surface area contributed by atoms with E-state index in [1.807, 2.05) is 261 Å². The van der Waals surface area contributed by atoms with Crippen molar-refractivity contribution in [2.75, 3.05) is 14.2 Å². The van der Waals surface area contributed by atoms with E-state index in [9.17, 15) is 14.4 Å². The van der Waals surface area contributed by atoms with Crippen LogP contribution in [0.3, 0.4) is 0 Å². The van der Waals surface area contributed by atoms with Gasteiger partial charge in [0, 0.05) is 55.6 Å². The lowest BCUT2D eigenvalue weighted by atomic mass is 9.85. The first-order chi connectivity index (χ1) is 67.2. The van der Waals surface area contributed by atoms with E-state index in [2.05, 4.69) is 133 Å². The molecule has 0 atom stereocenters. The molecule has 14 rings (SSSR count). The first-order valence-electron chi connectivity index (χ1n) is 46.9. The van der Waals surface area contributed by atoms with Gasteiger partial charge in [-0.3, -0.25) is 0 Å². The predicted molar refractivity (Wildman–Crippen MR) is 570 cm³/mol. The van der Waals surface area contributed by atoms with Crippen molar-refractivity contribution >= 4 is 44.3 Å². The minimum atomic E-state index is -2.11. The number of rotatable bonds is 28. The third-order valence-corrected chi connectivity index (χ3v) is 24.5. The maximum Gasteiger partial charge on any atom is 0.530 e. The van der Waals surface area contributed by atoms with Crippen LogP contribution in [0.1, 0.15) is 179 Å². The second-order valence-corrected chi connectivity index (χ2v) is 43.7. The quantitative estimate of drug-likeness (QED) is 0.0193. The molecule has 0 saturated heterocycles. The smallest absolute Gasteiger partial charge is 0.497 e. The van der Waals surface area contributed by atoms with Gasteiger partial charge in [0.25, 0.3) is 0 Å². The van der Waals surface area contributed by atoms with Gasteiger partial charge in [0.2, 0.25) is 0 Å². The molecule has 14 aromatic rings. The van der Waals surface area contributed by atoms with Gasteiger partial charge in [0.1, 0.15) is 97.3 Å². The van der Waals surface area contributed by atoms with Gasteiger partial charge in [-0.25, -0.2) is 14.4 Å². The van der Waals surface area contributed by atoms with Crippen molar-refractivity contribution in [3.63, 3.8) is 0 Å². The number of para-hydroxylation sites is 6. The Morgan fingerprint density at radius 2 is 0.408 bits per heavy atom. The molecule has 0 N–H and O–H groups in total. The molecule has 142 heavy (non-hydrogen) atoms. The van der Waals surface area contributed by atoms with Crippen molar-refractivity contribution in [2.45, 2.75) is 198 Å². The van der Waals surface area contributed by atoms with Crippen molar-refractivity contribution in [2.24, 2.45) is 0 Å². The molecule has 740 valence electrons. The highest BCUT2D eigenvalue weighted by molar-refractivity contribution is 7.43. The third kappa shape index (κ3) is 31.2. The second-order valence-electron chi connectivity index (χ2n) is 40.7. The molecule has 23 heteroatoms. The van der Waals surface area contributed by atoms with E-state index in [1.54, 1.807) is 107 Å². The van der Waals surface area contributed by atoms with Gasteiger partial charge in [0.05, 0.1) is 14.2 Å². The average Bonchev–Trinajstić information content (AvgIpc) is 0.794. The van der Waals surface area contributed by atoms with Crippen molar-refractivity contribution in [3.8, 4) is 136 Å². The summed E-state index contributed by atoms with van der Waals surface area (Å²) in [6, 6.07) is 104. The van der Waals surface area contributed by atoms with Crippen LogP contribution in [-0.4, -0.2) is 49.5 Å². The normalized spacial score (nSPS) is 11.7. The van der Waals surface area contributed by atoms with Gasteiger partial charge in [-0.15, -0.1) is 0 Å². The van der Waals surface area contributed by atoms with E-state index >= 15 is 0 Å². The molecule has 0 fully saturated rings. The van der Waals surface area contributed by atoms with Crippen molar-refractivity contribution in [1.29, 1.82) is 0 Å². The zero-order valence-electron chi connectivity index (χ0n) is 85.7. The number of carbonyl (C=O) groups is 3. The monoisotopic (exact) mass is 1970 g/mol. The van der Waals surface area contributed by atoms with Gasteiger partial charge in [-0.1, -0.05) is 313 Å². The Hall–Kier alpha value is -14.0. The van der Waals surface area contributed by atoms with Crippen LogP contribution in [0, 0.1) is 13.8 Å². The van der Waals surface area contributed by atoms with Crippen molar-refractivity contribution < 1.29 is 93.0 Å². The van der Waals surface area contributed by atoms with E-state index in [4.69, 9.17) is 78.6 Å². The highest BCUT2D eigenvalue weighted by Crippen LogP contribution is 2.55. The second kappa shape index (κ2) is 47.0. The zero-order valence-corrected chi connectivity index (χ0v) is 88.4. The molecule has 0 spiro atoms. The lowest BCUT2D eigenvalue weighted by molar-refractivity contribution is 0.0194. The zero-order chi connectivity index (χ0) is 102. The van der Waals surface area contributed by atoms with Crippen LogP contribution >= 0.6 is 25.8 Å². The first kappa shape index (κ1) is 107. The molecule has 0 amide bonds. The number of benzene rings is 14. The number of ether oxygens (including phenoxy) is 8. The van der Waals surface area contributed by atoms with E-state index in [0.717, 1.165) is 67.1 Å². The number of aryl methyl sites for hydroxylation is 2. The van der Waals surface area contributed by atoms with Crippen LogP contribution in [0.2, 0.25) is 0 Å². The molecule has 0 aromatic heterocycles. The maximum atomic E-state index is 12.7. The topological polar surface area (TPSA) is 208 Å². The summed E-state index contributed by atoms with van der Waals surface area (Å²) in [5.41, 5.74) is 11.6. The van der Waals surface area contributed by atoms with Crippen LogP contribution in [0.15, 0.2) is 328 Å². The summed E-state index contributed by atoms with van der Waals surface area (Å²) in [5.74, 6) is 7.70. The molecule has 0 heterocycles. The molecule has 0 saturated carbocycles. The van der Waals surface area contributed by atoms with Crippen LogP contribution < -0.4 is 64.4 Å². The fourth-order valence-electron chi connectivity index (χ4n) is 14.5. The fraction of sp³-hybridized carbons (Fsp3) is 0.269. The van der Waals surface area contributed by atoms with Crippen LogP contribution in [-0.2, 0) is 35.9 Å². The van der Waals surface area contributed by atoms with Gasteiger partial charge >= 0.3 is 44.3 Å². The van der Waals surface area contributed by atoms with Gasteiger partial charge < -0.3 is 78.6 Å². The molecule has 14 aromatic carbocycles. The molecular weight excluding hydrogens is 1840 g/mol. The minimum Gasteiger partial charge on any atom is -0.497 e. The standard InChI is InChI=1S/C41H35O6P.C39H47O8P.C39H47O6P/c1-41(2,3)44-40(42)43-38-20-12-10-18-36(38)37-19-11-13-21-39(37)47-48(45-34-26-22-32(23-27-34)30-14-6-4-7-15-30)46-35-28-24-33(25-29-35)31-16-8-5-9-17-31;1-37(2,3)30-24-26(41-10)20-22-34(30)46-48(47-35-23-21-27(42-11)25-31(35)38(4,5)6)45-33-19-15-13-17-29(33)28-16-12-14-18-32(28)43-36(40)44-39(7,8)9;1-26-20-22-34(30(24-26)37(3,4)5)44-46(45-35-23-21-27(2)25-31(35)38(6,7)8)43-33-19-15-13-17-29(33)28-16-12-14-18-32(28)41-36(40)42-39(9,10)11/h4-29H,1-3H3;12-25H,1-11H3;12-25H,1-11H3. The lowest BCUT2D eigenvalue weighted by Gasteiger charge is -2.28. The highest BCUT2D eigenvalue weighted by Gasteiger charge is 2.35. The van der Waals surface area contributed by atoms with Crippen molar-refractivity contribution in [3.05, 3.63) is 361 Å². The van der Waals surface area contributed by atoms with Crippen LogP contribution in [0.4, 0.5) is 14.4 Å². The SMILES string of the molecule is CC(C)(C)OC(=O)Oc1ccccc1-c1ccccc1OP(Oc1ccc(-c2ccccc2)cc1)Oc1ccc(-c2ccccc2)cc1.COc1ccc(OP(Oc2ccccc2-c2ccccc2OC(=O)OC(C)(C)C)Oc2ccc(OC)cc2C(C)(C)C)c(C(C)(C)C)c1.Cc1ccc(OP(Oc2ccccc2-c2ccccc2OC(=O)OC(C)(C)C)Oc2ccc(C)cc2C(C)(C)C)c(C(C)(C)C)c1. The lowest BCUT2D eigenvalue weighted by Crippen LogP contribution is -2.26. The minimum absolute atomic E-state index is 0.182. The number of methoxy groups -OCH3 is 2. The van der Waals surface area contributed by atoms with E-state index < -0.39 is 61.1 Å². The van der Waals surface area contributed by atoms with E-state index in [1.165, 1.54) is 0 Å². The Kier molecular flexibility index (Phi) is 35.4. The van der Waals surface area contributed by atoms with E-state index in [-0.39, 0.29) is 21.7 Å². The Balaban J connectivity index is 0.000000190.